The number of amides is 1. The Balaban J connectivity index is 1.62. The zero-order chi connectivity index (χ0) is 14.2. The lowest BCUT2D eigenvalue weighted by atomic mass is 10.1. The van der Waals surface area contributed by atoms with Crippen molar-refractivity contribution < 1.29 is 4.79 Å². The summed E-state index contributed by atoms with van der Waals surface area (Å²) in [7, 11) is 0. The summed E-state index contributed by atoms with van der Waals surface area (Å²) in [6, 6.07) is 6.71. The van der Waals surface area contributed by atoms with Crippen molar-refractivity contribution in [1.29, 1.82) is 0 Å². The second-order valence-electron chi connectivity index (χ2n) is 5.77. The Hall–Kier alpha value is -2.30. The van der Waals surface area contributed by atoms with Crippen molar-refractivity contribution in [3.8, 4) is 11.3 Å². The van der Waals surface area contributed by atoms with E-state index in [-0.39, 0.29) is 5.91 Å². The van der Waals surface area contributed by atoms with Crippen LogP contribution in [-0.4, -0.2) is 28.0 Å². The molecule has 1 aliphatic heterocycles. The predicted molar refractivity (Wildman–Crippen MR) is 81.0 cm³/mol. The molecule has 1 aromatic heterocycles. The fourth-order valence-corrected chi connectivity index (χ4v) is 2.88. The molecule has 1 amide bonds. The Morgan fingerprint density at radius 3 is 3.19 bits per heavy atom. The second kappa shape index (κ2) is 4.91. The molecule has 0 spiro atoms. The molecule has 2 aliphatic rings. The van der Waals surface area contributed by atoms with Gasteiger partial charge in [0.2, 0.25) is 5.91 Å². The third-order valence-electron chi connectivity index (χ3n) is 4.09. The molecule has 0 bridgehead atoms. The molecule has 5 heteroatoms. The van der Waals surface area contributed by atoms with Gasteiger partial charge >= 0.3 is 0 Å². The summed E-state index contributed by atoms with van der Waals surface area (Å²) in [6.45, 7) is 1.30. The average molecular weight is 282 g/mol. The first kappa shape index (κ1) is 12.4. The lowest BCUT2D eigenvalue weighted by molar-refractivity contribution is -0.121. The van der Waals surface area contributed by atoms with Gasteiger partial charge in [0.05, 0.1) is 18.2 Å². The molecule has 2 aromatic rings. The molecule has 0 unspecified atom stereocenters. The van der Waals surface area contributed by atoms with Crippen molar-refractivity contribution in [2.45, 2.75) is 31.8 Å². The van der Waals surface area contributed by atoms with E-state index in [0.29, 0.717) is 12.6 Å². The minimum absolute atomic E-state index is 0.0669. The highest BCUT2D eigenvalue weighted by Gasteiger charge is 2.24. The smallest absolute Gasteiger partial charge is 0.240 e. The Morgan fingerprint density at radius 2 is 2.33 bits per heavy atom. The molecule has 0 atom stereocenters. The molecule has 0 saturated heterocycles. The molecule has 1 aliphatic carbocycles. The van der Waals surface area contributed by atoms with Crippen LogP contribution in [0.5, 0.6) is 0 Å². The highest BCUT2D eigenvalue weighted by Crippen LogP contribution is 2.34. The number of imidazole rings is 1. The fraction of sp³-hybridized carbons (Fsp3) is 0.375. The van der Waals surface area contributed by atoms with Crippen LogP contribution in [0.3, 0.4) is 0 Å². The molecule has 21 heavy (non-hydrogen) atoms. The summed E-state index contributed by atoms with van der Waals surface area (Å²) in [4.78, 5) is 16.2. The number of aromatic nitrogens is 2. The van der Waals surface area contributed by atoms with Crippen LogP contribution in [0.2, 0.25) is 0 Å². The number of carbonyl (C=O) groups excluding carboxylic acids is 1. The van der Waals surface area contributed by atoms with Gasteiger partial charge in [-0.1, -0.05) is 18.2 Å². The summed E-state index contributed by atoms with van der Waals surface area (Å²) < 4.78 is 1.92. The van der Waals surface area contributed by atoms with Gasteiger partial charge in [0.1, 0.15) is 6.54 Å². The van der Waals surface area contributed by atoms with E-state index in [2.05, 4.69) is 33.8 Å². The summed E-state index contributed by atoms with van der Waals surface area (Å²) in [5.41, 5.74) is 4.64. The van der Waals surface area contributed by atoms with Crippen molar-refractivity contribution in [2.75, 3.05) is 11.9 Å². The number of rotatable bonds is 4. The van der Waals surface area contributed by atoms with E-state index < -0.39 is 0 Å². The van der Waals surface area contributed by atoms with Crippen molar-refractivity contribution in [2.24, 2.45) is 0 Å². The molecule has 5 nitrogen and oxygen atoms in total. The number of carbonyl (C=O) groups is 1. The zero-order valence-corrected chi connectivity index (χ0v) is 11.8. The Morgan fingerprint density at radius 1 is 1.43 bits per heavy atom. The van der Waals surface area contributed by atoms with Gasteiger partial charge in [-0.05, 0) is 24.8 Å². The van der Waals surface area contributed by atoms with Crippen molar-refractivity contribution in [1.82, 2.24) is 14.9 Å². The van der Waals surface area contributed by atoms with E-state index in [1.165, 1.54) is 11.3 Å². The van der Waals surface area contributed by atoms with Crippen molar-refractivity contribution >= 4 is 11.6 Å². The minimum atomic E-state index is 0.0669. The maximum atomic E-state index is 12.0. The van der Waals surface area contributed by atoms with Gasteiger partial charge in [0.15, 0.2) is 0 Å². The summed E-state index contributed by atoms with van der Waals surface area (Å²) >= 11 is 0. The van der Waals surface area contributed by atoms with Gasteiger partial charge in [-0.25, -0.2) is 4.98 Å². The third kappa shape index (κ3) is 2.39. The standard InChI is InChI=1S/C16H18N4O/c21-15(19-12-4-5-12)9-20-10-17-8-14(20)13-3-1-2-11-6-7-18-16(11)13/h1-3,8,10,12,18H,4-7,9H2,(H,19,21). The fourth-order valence-electron chi connectivity index (χ4n) is 2.88. The first-order valence-electron chi connectivity index (χ1n) is 7.47. The number of fused-ring (bicyclic) bond motifs is 1. The topological polar surface area (TPSA) is 59.0 Å². The molecule has 4 rings (SSSR count). The molecule has 1 fully saturated rings. The lowest BCUT2D eigenvalue weighted by Gasteiger charge is -2.12. The van der Waals surface area contributed by atoms with E-state index in [9.17, 15) is 4.79 Å². The van der Waals surface area contributed by atoms with E-state index >= 15 is 0 Å². The van der Waals surface area contributed by atoms with Crippen LogP contribution in [0.15, 0.2) is 30.7 Å². The van der Waals surface area contributed by atoms with Gasteiger partial charge in [-0.2, -0.15) is 0 Å². The van der Waals surface area contributed by atoms with Gasteiger partial charge in [-0.3, -0.25) is 4.79 Å². The van der Waals surface area contributed by atoms with Crippen LogP contribution >= 0.6 is 0 Å². The van der Waals surface area contributed by atoms with Crippen molar-refractivity contribution in [3.05, 3.63) is 36.3 Å². The van der Waals surface area contributed by atoms with Gasteiger partial charge in [0.25, 0.3) is 0 Å². The molecule has 0 radical (unpaired) electrons. The predicted octanol–water partition coefficient (Wildman–Crippen LogP) is 1.80. The monoisotopic (exact) mass is 282 g/mol. The van der Waals surface area contributed by atoms with Gasteiger partial charge < -0.3 is 15.2 Å². The molecule has 2 heterocycles. The maximum Gasteiger partial charge on any atom is 0.240 e. The zero-order valence-electron chi connectivity index (χ0n) is 11.8. The summed E-state index contributed by atoms with van der Waals surface area (Å²) in [5.74, 6) is 0.0669. The Labute approximate surface area is 123 Å². The number of nitrogens with one attached hydrogen (secondary N) is 2. The number of anilines is 1. The van der Waals surface area contributed by atoms with Crippen LogP contribution in [0, 0.1) is 0 Å². The molecule has 108 valence electrons. The van der Waals surface area contributed by atoms with Crippen LogP contribution in [0.4, 0.5) is 5.69 Å². The Kier molecular flexibility index (Phi) is 2.91. The Bertz CT molecular complexity index is 687. The summed E-state index contributed by atoms with van der Waals surface area (Å²) in [5, 5.41) is 6.46. The quantitative estimate of drug-likeness (QED) is 0.899. The van der Waals surface area contributed by atoms with Gasteiger partial charge in [-0.15, -0.1) is 0 Å². The van der Waals surface area contributed by atoms with E-state index in [1.807, 2.05) is 10.8 Å². The highest BCUT2D eigenvalue weighted by atomic mass is 16.2. The molecule has 1 saturated carbocycles. The minimum Gasteiger partial charge on any atom is -0.384 e. The van der Waals surface area contributed by atoms with Crippen LogP contribution in [0.25, 0.3) is 11.3 Å². The first-order chi connectivity index (χ1) is 10.3. The van der Waals surface area contributed by atoms with Crippen LogP contribution in [0.1, 0.15) is 18.4 Å². The second-order valence-corrected chi connectivity index (χ2v) is 5.77. The molecular weight excluding hydrogens is 264 g/mol. The average Bonchev–Trinajstić information content (AvgIpc) is 2.99. The maximum absolute atomic E-state index is 12.0. The number of para-hydroxylation sites is 1. The van der Waals surface area contributed by atoms with Crippen LogP contribution in [-0.2, 0) is 17.8 Å². The van der Waals surface area contributed by atoms with E-state index in [0.717, 1.165) is 37.1 Å². The molecule has 2 N–H and O–H groups in total. The van der Waals surface area contributed by atoms with Gasteiger partial charge in [0, 0.05) is 23.8 Å². The number of hydrogen-bond acceptors (Lipinski definition) is 3. The molecular formula is C16H18N4O. The normalized spacial score (nSPS) is 16.4. The van der Waals surface area contributed by atoms with E-state index in [1.54, 1.807) is 6.33 Å². The lowest BCUT2D eigenvalue weighted by Crippen LogP contribution is -2.29. The van der Waals surface area contributed by atoms with E-state index in [4.69, 9.17) is 0 Å². The largest absolute Gasteiger partial charge is 0.384 e. The number of benzene rings is 1. The number of hydrogen-bond donors (Lipinski definition) is 2. The van der Waals surface area contributed by atoms with Crippen LogP contribution < -0.4 is 10.6 Å². The highest BCUT2D eigenvalue weighted by molar-refractivity contribution is 5.81. The van der Waals surface area contributed by atoms with Crippen molar-refractivity contribution in [3.63, 3.8) is 0 Å². The SMILES string of the molecule is O=C(Cn1cncc1-c1cccc2c1NCC2)NC1CC1. The first-order valence-corrected chi connectivity index (χ1v) is 7.47. The molecule has 1 aromatic carbocycles. The summed E-state index contributed by atoms with van der Waals surface area (Å²) in [6.07, 6.45) is 6.84. The third-order valence-corrected chi connectivity index (χ3v) is 4.09. The number of nitrogens with zero attached hydrogens (tertiary/aromatic N) is 2.